The van der Waals surface area contributed by atoms with Crippen LogP contribution in [0, 0.1) is 11.3 Å². The lowest BCUT2D eigenvalue weighted by Gasteiger charge is -2.22. The summed E-state index contributed by atoms with van der Waals surface area (Å²) in [7, 11) is 0. The third-order valence-corrected chi connectivity index (χ3v) is 1.95. The number of rotatable bonds is 6. The van der Waals surface area contributed by atoms with Gasteiger partial charge in [-0.15, -0.1) is 0 Å². The normalized spacial score (nSPS) is 14.1. The minimum absolute atomic E-state index is 0.0561. The summed E-state index contributed by atoms with van der Waals surface area (Å²) in [5, 5.41) is 19.7. The summed E-state index contributed by atoms with van der Waals surface area (Å²) >= 11 is 0. The Morgan fingerprint density at radius 2 is 2.00 bits per heavy atom. The molecule has 0 aromatic carbocycles. The van der Waals surface area contributed by atoms with Gasteiger partial charge in [-0.1, -0.05) is 0 Å². The zero-order valence-corrected chi connectivity index (χ0v) is 11.6. The Kier molecular flexibility index (Phi) is 6.86. The molecule has 0 aromatic heterocycles. The van der Waals surface area contributed by atoms with Crippen LogP contribution >= 0.6 is 0 Å². The summed E-state index contributed by atoms with van der Waals surface area (Å²) in [5.74, 6) is -1.18. The maximum absolute atomic E-state index is 11.4. The van der Waals surface area contributed by atoms with Gasteiger partial charge in [0.2, 0.25) is 0 Å². The number of nitriles is 1. The van der Waals surface area contributed by atoms with Crippen molar-refractivity contribution in [3.63, 3.8) is 0 Å². The molecule has 2 atom stereocenters. The zero-order chi connectivity index (χ0) is 15.1. The number of hydrogen-bond donors (Lipinski definition) is 2. The van der Waals surface area contributed by atoms with Crippen LogP contribution in [-0.2, 0) is 14.3 Å². The van der Waals surface area contributed by atoms with Crippen LogP contribution in [-0.4, -0.2) is 41.5 Å². The van der Waals surface area contributed by atoms with Crippen LogP contribution in [0.4, 0.5) is 4.79 Å². The molecule has 7 nitrogen and oxygen atoms in total. The average molecular weight is 272 g/mol. The van der Waals surface area contributed by atoms with Crippen LogP contribution in [0.25, 0.3) is 0 Å². The third-order valence-electron chi connectivity index (χ3n) is 1.95. The highest BCUT2D eigenvalue weighted by Crippen LogP contribution is 2.07. The van der Waals surface area contributed by atoms with E-state index in [1.165, 1.54) is 0 Å². The van der Waals surface area contributed by atoms with Crippen molar-refractivity contribution in [3.05, 3.63) is 0 Å². The quantitative estimate of drug-likeness (QED) is 0.754. The molecule has 2 N–H and O–H groups in total. The van der Waals surface area contributed by atoms with Crippen molar-refractivity contribution >= 4 is 12.1 Å². The molecule has 0 saturated carbocycles. The van der Waals surface area contributed by atoms with Crippen molar-refractivity contribution < 1.29 is 24.2 Å². The molecule has 0 saturated heterocycles. The lowest BCUT2D eigenvalue weighted by Crippen LogP contribution is -2.44. The predicted molar refractivity (Wildman–Crippen MR) is 66.4 cm³/mol. The van der Waals surface area contributed by atoms with E-state index in [0.717, 1.165) is 0 Å². The van der Waals surface area contributed by atoms with Crippen LogP contribution in [0.2, 0.25) is 0 Å². The summed E-state index contributed by atoms with van der Waals surface area (Å²) in [6.45, 7) is 6.65. The van der Waals surface area contributed by atoms with E-state index in [9.17, 15) is 9.59 Å². The number of hydrogen-bond acceptors (Lipinski definition) is 5. The molecule has 7 heteroatoms. The van der Waals surface area contributed by atoms with E-state index in [-0.39, 0.29) is 13.0 Å². The van der Waals surface area contributed by atoms with Gasteiger partial charge in [0.15, 0.2) is 0 Å². The monoisotopic (exact) mass is 272 g/mol. The van der Waals surface area contributed by atoms with Crippen molar-refractivity contribution in [1.29, 1.82) is 5.26 Å². The first kappa shape index (κ1) is 17.2. The molecule has 2 unspecified atom stereocenters. The van der Waals surface area contributed by atoms with Crippen LogP contribution in [0.1, 0.15) is 34.1 Å². The summed E-state index contributed by atoms with van der Waals surface area (Å²) in [6.07, 6.45) is -1.36. The summed E-state index contributed by atoms with van der Waals surface area (Å²) in [6, 6.07) is 0.748. The van der Waals surface area contributed by atoms with E-state index in [2.05, 4.69) is 5.32 Å². The number of carboxylic acids is 1. The second-order valence-electron chi connectivity index (χ2n) is 4.97. The highest BCUT2D eigenvalue weighted by molar-refractivity contribution is 5.79. The summed E-state index contributed by atoms with van der Waals surface area (Å²) in [5.41, 5.74) is -0.695. The number of carbonyl (C=O) groups is 2. The molecule has 0 aromatic rings. The van der Waals surface area contributed by atoms with Crippen LogP contribution < -0.4 is 5.32 Å². The molecule has 0 aliphatic carbocycles. The van der Waals surface area contributed by atoms with Gasteiger partial charge in [0.1, 0.15) is 17.7 Å². The van der Waals surface area contributed by atoms with Gasteiger partial charge in [0, 0.05) is 6.42 Å². The Balaban J connectivity index is 4.24. The number of amides is 1. The van der Waals surface area contributed by atoms with Gasteiger partial charge in [-0.2, -0.15) is 5.26 Å². The molecule has 0 aliphatic rings. The van der Waals surface area contributed by atoms with E-state index < -0.39 is 29.8 Å². The maximum atomic E-state index is 11.4. The highest BCUT2D eigenvalue weighted by Gasteiger charge is 2.23. The Morgan fingerprint density at radius 3 is 2.42 bits per heavy atom. The predicted octanol–water partition coefficient (Wildman–Crippen LogP) is 1.28. The molecule has 0 rings (SSSR count). The standard InChI is InChI=1S/C12H20N2O5/c1-8(7-13)18-6-5-9(10(15)16)14-11(17)19-12(2,3)4/h8-9H,5-6H2,1-4H3,(H,14,17)(H,15,16). The number of carbonyl (C=O) groups excluding carboxylic acids is 1. The van der Waals surface area contributed by atoms with E-state index in [1.807, 2.05) is 6.07 Å². The van der Waals surface area contributed by atoms with Gasteiger partial charge in [-0.3, -0.25) is 0 Å². The van der Waals surface area contributed by atoms with E-state index in [1.54, 1.807) is 27.7 Å². The summed E-state index contributed by atoms with van der Waals surface area (Å²) in [4.78, 5) is 22.4. The smallest absolute Gasteiger partial charge is 0.408 e. The van der Waals surface area contributed by atoms with Gasteiger partial charge in [0.05, 0.1) is 12.7 Å². The van der Waals surface area contributed by atoms with Gasteiger partial charge >= 0.3 is 12.1 Å². The first-order chi connectivity index (χ1) is 8.65. The molecule has 0 aliphatic heterocycles. The number of nitrogens with one attached hydrogen (secondary N) is 1. The second-order valence-corrected chi connectivity index (χ2v) is 4.97. The minimum atomic E-state index is -1.18. The molecule has 0 bridgehead atoms. The zero-order valence-electron chi connectivity index (χ0n) is 11.6. The number of nitrogens with zero attached hydrogens (tertiary/aromatic N) is 1. The van der Waals surface area contributed by atoms with E-state index >= 15 is 0 Å². The van der Waals surface area contributed by atoms with Crippen molar-refractivity contribution in [2.75, 3.05) is 6.61 Å². The number of alkyl carbamates (subject to hydrolysis) is 1. The maximum Gasteiger partial charge on any atom is 0.408 e. The molecule has 1 amide bonds. The highest BCUT2D eigenvalue weighted by atomic mass is 16.6. The van der Waals surface area contributed by atoms with Crippen molar-refractivity contribution in [2.45, 2.75) is 51.9 Å². The fraction of sp³-hybridized carbons (Fsp3) is 0.750. The molecule has 0 fully saturated rings. The molecule has 0 heterocycles. The van der Waals surface area contributed by atoms with Crippen LogP contribution in [0.3, 0.4) is 0 Å². The Morgan fingerprint density at radius 1 is 1.42 bits per heavy atom. The largest absolute Gasteiger partial charge is 0.480 e. The number of aliphatic carboxylic acids is 1. The molecular formula is C12H20N2O5. The Labute approximate surface area is 112 Å². The lowest BCUT2D eigenvalue weighted by molar-refractivity contribution is -0.140. The van der Waals surface area contributed by atoms with E-state index in [0.29, 0.717) is 0 Å². The van der Waals surface area contributed by atoms with Crippen molar-refractivity contribution in [1.82, 2.24) is 5.32 Å². The Hall–Kier alpha value is -1.81. The second kappa shape index (κ2) is 7.59. The minimum Gasteiger partial charge on any atom is -0.480 e. The van der Waals surface area contributed by atoms with Gasteiger partial charge < -0.3 is 19.9 Å². The SMILES string of the molecule is CC(C#N)OCCC(NC(=O)OC(C)(C)C)C(=O)O. The van der Waals surface area contributed by atoms with Crippen LogP contribution in [0.15, 0.2) is 0 Å². The third kappa shape index (κ3) is 8.85. The van der Waals surface area contributed by atoms with Crippen molar-refractivity contribution in [2.24, 2.45) is 0 Å². The summed E-state index contributed by atoms with van der Waals surface area (Å²) < 4.78 is 10.00. The van der Waals surface area contributed by atoms with Gasteiger partial charge in [-0.25, -0.2) is 9.59 Å². The molecule has 0 spiro atoms. The van der Waals surface area contributed by atoms with Crippen molar-refractivity contribution in [3.8, 4) is 6.07 Å². The molecule has 0 radical (unpaired) electrons. The fourth-order valence-electron chi connectivity index (χ4n) is 1.11. The first-order valence-electron chi connectivity index (χ1n) is 5.89. The lowest BCUT2D eigenvalue weighted by atomic mass is 10.2. The van der Waals surface area contributed by atoms with Gasteiger partial charge in [-0.05, 0) is 27.7 Å². The number of carboxylic acid groups (broad SMARTS) is 1. The molecule has 108 valence electrons. The Bertz CT molecular complexity index is 356. The average Bonchev–Trinajstić information content (AvgIpc) is 2.24. The van der Waals surface area contributed by atoms with E-state index in [4.69, 9.17) is 19.8 Å². The first-order valence-corrected chi connectivity index (χ1v) is 5.89. The topological polar surface area (TPSA) is 109 Å². The fourth-order valence-corrected chi connectivity index (χ4v) is 1.11. The molecule has 19 heavy (non-hydrogen) atoms. The number of ether oxygens (including phenoxy) is 2. The van der Waals surface area contributed by atoms with Gasteiger partial charge in [0.25, 0.3) is 0 Å². The molecular weight excluding hydrogens is 252 g/mol. The van der Waals surface area contributed by atoms with Crippen LogP contribution in [0.5, 0.6) is 0 Å².